The molecule has 0 aliphatic heterocycles. The van der Waals surface area contributed by atoms with Crippen LogP contribution in [0.2, 0.25) is 0 Å². The van der Waals surface area contributed by atoms with E-state index in [2.05, 4.69) is 60.8 Å². The number of hydrogen-bond acceptors (Lipinski definition) is 2. The Morgan fingerprint density at radius 1 is 1.29 bits per heavy atom. The van der Waals surface area contributed by atoms with Crippen LogP contribution in [0.4, 0.5) is 0 Å². The topological polar surface area (TPSA) is 3.24 Å². The molecular formula is C12H15NS. The molecule has 1 unspecified atom stereocenters. The molecule has 1 aromatic heterocycles. The van der Waals surface area contributed by atoms with Gasteiger partial charge in [-0.3, -0.25) is 0 Å². The van der Waals surface area contributed by atoms with E-state index in [1.807, 2.05) is 11.3 Å². The Balaban J connectivity index is 2.24. The van der Waals surface area contributed by atoms with Crippen molar-refractivity contribution in [3.05, 3.63) is 46.7 Å². The van der Waals surface area contributed by atoms with Crippen molar-refractivity contribution >= 4 is 11.3 Å². The van der Waals surface area contributed by atoms with E-state index in [9.17, 15) is 0 Å². The minimum atomic E-state index is 0.491. The van der Waals surface area contributed by atoms with E-state index in [0.29, 0.717) is 12.0 Å². The molecule has 0 fully saturated rings. The van der Waals surface area contributed by atoms with Crippen molar-refractivity contribution in [2.45, 2.75) is 6.04 Å². The number of allylic oxidation sites excluding steroid dienone is 2. The smallest absolute Gasteiger partial charge is 0.0533 e. The SMILES string of the molecule is CN(C)C(c1cccs1)C1C=CC=C1. The summed E-state index contributed by atoms with van der Waals surface area (Å²) in [5, 5.41) is 2.15. The van der Waals surface area contributed by atoms with Gasteiger partial charge in [0.2, 0.25) is 0 Å². The molecule has 0 aromatic carbocycles. The van der Waals surface area contributed by atoms with Crippen LogP contribution >= 0.6 is 11.3 Å². The first-order valence-electron chi connectivity index (χ1n) is 4.84. The van der Waals surface area contributed by atoms with Crippen LogP contribution in [0.5, 0.6) is 0 Å². The molecular weight excluding hydrogens is 190 g/mol. The van der Waals surface area contributed by atoms with Crippen molar-refractivity contribution in [3.8, 4) is 0 Å². The number of rotatable bonds is 3. The normalized spacial score (nSPS) is 18.2. The van der Waals surface area contributed by atoms with Crippen LogP contribution in [0.25, 0.3) is 0 Å². The number of hydrogen-bond donors (Lipinski definition) is 0. The maximum absolute atomic E-state index is 2.29. The van der Waals surface area contributed by atoms with Gasteiger partial charge in [-0.05, 0) is 25.5 Å². The van der Waals surface area contributed by atoms with Crippen LogP contribution in [0.3, 0.4) is 0 Å². The summed E-state index contributed by atoms with van der Waals surface area (Å²) in [6.07, 6.45) is 8.80. The lowest BCUT2D eigenvalue weighted by molar-refractivity contribution is 0.271. The molecule has 0 saturated heterocycles. The van der Waals surface area contributed by atoms with Crippen molar-refractivity contribution in [2.75, 3.05) is 14.1 Å². The lowest BCUT2D eigenvalue weighted by Gasteiger charge is -2.27. The molecule has 2 rings (SSSR count). The molecule has 0 N–H and O–H groups in total. The van der Waals surface area contributed by atoms with E-state index in [0.717, 1.165) is 0 Å². The highest BCUT2D eigenvalue weighted by molar-refractivity contribution is 7.10. The van der Waals surface area contributed by atoms with E-state index in [1.165, 1.54) is 4.88 Å². The average molecular weight is 205 g/mol. The van der Waals surface area contributed by atoms with Gasteiger partial charge in [0.1, 0.15) is 0 Å². The summed E-state index contributed by atoms with van der Waals surface area (Å²) >= 11 is 1.84. The van der Waals surface area contributed by atoms with Gasteiger partial charge in [0.25, 0.3) is 0 Å². The second-order valence-corrected chi connectivity index (χ2v) is 4.75. The minimum absolute atomic E-state index is 0.491. The average Bonchev–Trinajstić information content (AvgIpc) is 2.75. The standard InChI is InChI=1S/C12H15NS/c1-13(2)12(10-6-3-4-7-10)11-8-5-9-14-11/h3-10,12H,1-2H3. The largest absolute Gasteiger partial charge is 0.301 e. The summed E-state index contributed by atoms with van der Waals surface area (Å²) < 4.78 is 0. The first-order valence-corrected chi connectivity index (χ1v) is 5.72. The first-order chi connectivity index (χ1) is 6.79. The molecule has 1 nitrogen and oxygen atoms in total. The van der Waals surface area contributed by atoms with E-state index in [1.54, 1.807) is 0 Å². The number of thiophene rings is 1. The first kappa shape index (κ1) is 9.69. The van der Waals surface area contributed by atoms with Crippen LogP contribution in [0, 0.1) is 5.92 Å². The Bertz CT molecular complexity index is 323. The summed E-state index contributed by atoms with van der Waals surface area (Å²) in [4.78, 5) is 3.73. The third kappa shape index (κ3) is 1.81. The Labute approximate surface area is 89.4 Å². The van der Waals surface area contributed by atoms with Crippen LogP contribution in [0.1, 0.15) is 10.9 Å². The lowest BCUT2D eigenvalue weighted by atomic mass is 9.99. The zero-order valence-electron chi connectivity index (χ0n) is 8.55. The van der Waals surface area contributed by atoms with E-state index in [-0.39, 0.29) is 0 Å². The van der Waals surface area contributed by atoms with Crippen molar-refractivity contribution in [3.63, 3.8) is 0 Å². The highest BCUT2D eigenvalue weighted by Crippen LogP contribution is 2.33. The molecule has 0 bridgehead atoms. The Hall–Kier alpha value is -0.860. The second kappa shape index (κ2) is 4.11. The molecule has 1 heterocycles. The third-order valence-electron chi connectivity index (χ3n) is 2.53. The quantitative estimate of drug-likeness (QED) is 0.733. The minimum Gasteiger partial charge on any atom is -0.301 e. The maximum Gasteiger partial charge on any atom is 0.0533 e. The third-order valence-corrected chi connectivity index (χ3v) is 3.48. The fourth-order valence-electron chi connectivity index (χ4n) is 1.91. The van der Waals surface area contributed by atoms with Crippen molar-refractivity contribution in [1.29, 1.82) is 0 Å². The van der Waals surface area contributed by atoms with E-state index < -0.39 is 0 Å². The Morgan fingerprint density at radius 3 is 2.50 bits per heavy atom. The van der Waals surface area contributed by atoms with Gasteiger partial charge >= 0.3 is 0 Å². The fraction of sp³-hybridized carbons (Fsp3) is 0.333. The Morgan fingerprint density at radius 2 is 2.00 bits per heavy atom. The van der Waals surface area contributed by atoms with Crippen LogP contribution in [-0.4, -0.2) is 19.0 Å². The molecule has 0 spiro atoms. The van der Waals surface area contributed by atoms with Gasteiger partial charge in [-0.25, -0.2) is 0 Å². The van der Waals surface area contributed by atoms with Crippen LogP contribution in [0.15, 0.2) is 41.8 Å². The van der Waals surface area contributed by atoms with Gasteiger partial charge in [-0.15, -0.1) is 11.3 Å². The number of nitrogens with zero attached hydrogens (tertiary/aromatic N) is 1. The summed E-state index contributed by atoms with van der Waals surface area (Å²) in [5.41, 5.74) is 0. The lowest BCUT2D eigenvalue weighted by Crippen LogP contribution is -2.24. The molecule has 2 heteroatoms. The molecule has 0 amide bonds. The molecule has 0 saturated carbocycles. The fourth-order valence-corrected chi connectivity index (χ4v) is 2.89. The predicted molar refractivity (Wildman–Crippen MR) is 62.5 cm³/mol. The Kier molecular flexibility index (Phi) is 2.85. The highest BCUT2D eigenvalue weighted by atomic mass is 32.1. The van der Waals surface area contributed by atoms with Gasteiger partial charge in [0, 0.05) is 10.8 Å². The van der Waals surface area contributed by atoms with Gasteiger partial charge in [-0.2, -0.15) is 0 Å². The zero-order chi connectivity index (χ0) is 9.97. The van der Waals surface area contributed by atoms with Gasteiger partial charge < -0.3 is 4.90 Å². The summed E-state index contributed by atoms with van der Waals surface area (Å²) in [5.74, 6) is 0.531. The summed E-state index contributed by atoms with van der Waals surface area (Å²) in [7, 11) is 4.29. The zero-order valence-corrected chi connectivity index (χ0v) is 9.37. The highest BCUT2D eigenvalue weighted by Gasteiger charge is 2.22. The molecule has 1 aromatic rings. The molecule has 1 atom stereocenters. The van der Waals surface area contributed by atoms with Gasteiger partial charge in [0.05, 0.1) is 6.04 Å². The molecule has 1 aliphatic carbocycles. The van der Waals surface area contributed by atoms with E-state index >= 15 is 0 Å². The molecule has 1 aliphatic rings. The summed E-state index contributed by atoms with van der Waals surface area (Å²) in [6, 6.07) is 4.83. The van der Waals surface area contributed by atoms with Crippen molar-refractivity contribution in [2.24, 2.45) is 5.92 Å². The van der Waals surface area contributed by atoms with E-state index in [4.69, 9.17) is 0 Å². The van der Waals surface area contributed by atoms with Crippen LogP contribution < -0.4 is 0 Å². The molecule has 74 valence electrons. The predicted octanol–water partition coefficient (Wildman–Crippen LogP) is 3.09. The monoisotopic (exact) mass is 205 g/mol. The van der Waals surface area contributed by atoms with Gasteiger partial charge in [0.15, 0.2) is 0 Å². The van der Waals surface area contributed by atoms with Crippen LogP contribution in [-0.2, 0) is 0 Å². The second-order valence-electron chi connectivity index (χ2n) is 3.77. The maximum atomic E-state index is 2.29. The van der Waals surface area contributed by atoms with Crippen molar-refractivity contribution in [1.82, 2.24) is 4.90 Å². The summed E-state index contributed by atoms with van der Waals surface area (Å²) in [6.45, 7) is 0. The molecule has 14 heavy (non-hydrogen) atoms. The van der Waals surface area contributed by atoms with Gasteiger partial charge in [-0.1, -0.05) is 30.4 Å². The van der Waals surface area contributed by atoms with Crippen molar-refractivity contribution < 1.29 is 0 Å². The molecule has 0 radical (unpaired) electrons.